The number of benzene rings is 1. The summed E-state index contributed by atoms with van der Waals surface area (Å²) >= 11 is 9.16. The summed E-state index contributed by atoms with van der Waals surface area (Å²) in [4.78, 5) is 10.8. The number of aldehydes is 1. The van der Waals surface area contributed by atoms with Gasteiger partial charge in [0.25, 0.3) is 0 Å². The zero-order valence-electron chi connectivity index (χ0n) is 7.05. The molecule has 2 rings (SSSR count). The molecule has 5 heteroatoms. The van der Waals surface area contributed by atoms with Gasteiger partial charge in [0.05, 0.1) is 15.1 Å². The predicted molar refractivity (Wildman–Crippen MR) is 55.5 cm³/mol. The van der Waals surface area contributed by atoms with E-state index in [2.05, 4.69) is 15.9 Å². The summed E-state index contributed by atoms with van der Waals surface area (Å²) in [5.41, 5.74) is 0.338. The summed E-state index contributed by atoms with van der Waals surface area (Å²) in [5.74, 6) is 0.966. The molecule has 0 fully saturated rings. The van der Waals surface area contributed by atoms with Gasteiger partial charge in [0.2, 0.25) is 0 Å². The zero-order chi connectivity index (χ0) is 10.1. The van der Waals surface area contributed by atoms with Gasteiger partial charge in [0, 0.05) is 0 Å². The molecule has 74 valence electrons. The van der Waals surface area contributed by atoms with E-state index >= 15 is 0 Å². The van der Waals surface area contributed by atoms with Gasteiger partial charge in [0.1, 0.15) is 13.2 Å². The fourth-order valence-electron chi connectivity index (χ4n) is 1.27. The van der Waals surface area contributed by atoms with Crippen LogP contribution in [-0.2, 0) is 0 Å². The highest BCUT2D eigenvalue weighted by molar-refractivity contribution is 9.10. The fourth-order valence-corrected chi connectivity index (χ4v) is 2.16. The van der Waals surface area contributed by atoms with Crippen molar-refractivity contribution in [3.05, 3.63) is 21.1 Å². The van der Waals surface area contributed by atoms with Crippen molar-refractivity contribution in [3.63, 3.8) is 0 Å². The lowest BCUT2D eigenvalue weighted by Gasteiger charge is -2.21. The van der Waals surface area contributed by atoms with Crippen molar-refractivity contribution < 1.29 is 14.3 Å². The van der Waals surface area contributed by atoms with Crippen molar-refractivity contribution in [1.29, 1.82) is 0 Å². The van der Waals surface area contributed by atoms with Crippen LogP contribution in [0.3, 0.4) is 0 Å². The van der Waals surface area contributed by atoms with Gasteiger partial charge in [-0.1, -0.05) is 11.6 Å². The Labute approximate surface area is 94.1 Å². The third-order valence-electron chi connectivity index (χ3n) is 1.87. The maximum absolute atomic E-state index is 10.8. The highest BCUT2D eigenvalue weighted by Crippen LogP contribution is 2.42. The first-order chi connectivity index (χ1) is 6.74. The summed E-state index contributed by atoms with van der Waals surface area (Å²) in [6.07, 6.45) is 0.669. The standard InChI is InChI=1S/C9H6BrClO3/c10-6-3-7(11)5(4-12)8-9(6)14-2-1-13-8/h3-4H,1-2H2. The smallest absolute Gasteiger partial charge is 0.176 e. The second-order valence-corrected chi connectivity index (χ2v) is 3.99. The molecule has 3 nitrogen and oxygen atoms in total. The lowest BCUT2D eigenvalue weighted by molar-refractivity contribution is 0.111. The Kier molecular flexibility index (Phi) is 2.65. The molecule has 1 aromatic carbocycles. The monoisotopic (exact) mass is 276 g/mol. The summed E-state index contributed by atoms with van der Waals surface area (Å²) in [5, 5.41) is 0.358. The van der Waals surface area contributed by atoms with Crippen LogP contribution < -0.4 is 9.47 Å². The van der Waals surface area contributed by atoms with Gasteiger partial charge in [-0.15, -0.1) is 0 Å². The van der Waals surface area contributed by atoms with Crippen molar-refractivity contribution in [2.24, 2.45) is 0 Å². The maximum Gasteiger partial charge on any atom is 0.176 e. The van der Waals surface area contributed by atoms with Crippen LogP contribution in [0.15, 0.2) is 10.5 Å². The second-order valence-electron chi connectivity index (χ2n) is 2.73. The average molecular weight is 278 g/mol. The largest absolute Gasteiger partial charge is 0.485 e. The van der Waals surface area contributed by atoms with Crippen molar-refractivity contribution in [2.75, 3.05) is 13.2 Å². The summed E-state index contributed by atoms with van der Waals surface area (Å²) in [6, 6.07) is 1.62. The van der Waals surface area contributed by atoms with Crippen LogP contribution in [0, 0.1) is 0 Å². The summed E-state index contributed by atoms with van der Waals surface area (Å²) < 4.78 is 11.4. The molecule has 0 aromatic heterocycles. The lowest BCUT2D eigenvalue weighted by Crippen LogP contribution is -2.17. The molecule has 14 heavy (non-hydrogen) atoms. The van der Waals surface area contributed by atoms with E-state index < -0.39 is 0 Å². The molecule has 0 spiro atoms. The van der Waals surface area contributed by atoms with Crippen molar-refractivity contribution in [2.45, 2.75) is 0 Å². The first kappa shape index (κ1) is 9.80. The van der Waals surface area contributed by atoms with Gasteiger partial charge in [0.15, 0.2) is 17.8 Å². The SMILES string of the molecule is O=Cc1c(Cl)cc(Br)c2c1OCCO2. The lowest BCUT2D eigenvalue weighted by atomic mass is 10.2. The Hall–Kier alpha value is -0.740. The van der Waals surface area contributed by atoms with Crippen LogP contribution in [0.25, 0.3) is 0 Å². The first-order valence-electron chi connectivity index (χ1n) is 3.97. The van der Waals surface area contributed by atoms with E-state index in [1.54, 1.807) is 6.07 Å². The number of hydrogen-bond donors (Lipinski definition) is 0. The van der Waals surface area contributed by atoms with Crippen LogP contribution in [0.4, 0.5) is 0 Å². The number of ether oxygens (including phenoxy) is 2. The van der Waals surface area contributed by atoms with Gasteiger partial charge in [-0.25, -0.2) is 0 Å². The number of fused-ring (bicyclic) bond motifs is 1. The van der Waals surface area contributed by atoms with E-state index in [-0.39, 0.29) is 0 Å². The highest BCUT2D eigenvalue weighted by Gasteiger charge is 2.21. The first-order valence-corrected chi connectivity index (χ1v) is 5.14. The molecule has 1 aliphatic heterocycles. The Morgan fingerprint density at radius 3 is 2.64 bits per heavy atom. The molecular weight excluding hydrogens is 271 g/mol. The second kappa shape index (κ2) is 3.79. The average Bonchev–Trinajstić information content (AvgIpc) is 2.18. The molecule has 0 aliphatic carbocycles. The molecular formula is C9H6BrClO3. The van der Waals surface area contributed by atoms with E-state index in [1.807, 2.05) is 0 Å². The van der Waals surface area contributed by atoms with Crippen LogP contribution in [-0.4, -0.2) is 19.5 Å². The van der Waals surface area contributed by atoms with E-state index in [4.69, 9.17) is 21.1 Å². The molecule has 0 N–H and O–H groups in total. The van der Waals surface area contributed by atoms with Crippen LogP contribution >= 0.6 is 27.5 Å². The third-order valence-corrected chi connectivity index (χ3v) is 2.77. The minimum atomic E-state index is 0.338. The molecule has 1 heterocycles. The summed E-state index contributed by atoms with van der Waals surface area (Å²) in [7, 11) is 0. The Balaban J connectivity index is 2.67. The summed E-state index contributed by atoms with van der Waals surface area (Å²) in [6.45, 7) is 0.909. The van der Waals surface area contributed by atoms with Crippen molar-refractivity contribution in [1.82, 2.24) is 0 Å². The number of rotatable bonds is 1. The van der Waals surface area contributed by atoms with Crippen molar-refractivity contribution >= 4 is 33.8 Å². The van der Waals surface area contributed by atoms with Crippen LogP contribution in [0.2, 0.25) is 5.02 Å². The highest BCUT2D eigenvalue weighted by atomic mass is 79.9. The molecule has 0 bridgehead atoms. The van der Waals surface area contributed by atoms with Crippen LogP contribution in [0.1, 0.15) is 10.4 Å². The normalized spacial score (nSPS) is 13.9. The number of carbonyl (C=O) groups excluding carboxylic acids is 1. The predicted octanol–water partition coefficient (Wildman–Crippen LogP) is 2.69. The molecule has 0 radical (unpaired) electrons. The minimum Gasteiger partial charge on any atom is -0.485 e. The molecule has 0 amide bonds. The number of halogens is 2. The quantitative estimate of drug-likeness (QED) is 0.740. The number of hydrogen-bond acceptors (Lipinski definition) is 3. The van der Waals surface area contributed by atoms with E-state index in [0.29, 0.717) is 46.1 Å². The molecule has 1 aromatic rings. The molecule has 0 atom stereocenters. The van der Waals surface area contributed by atoms with Crippen molar-refractivity contribution in [3.8, 4) is 11.5 Å². The van der Waals surface area contributed by atoms with E-state index in [9.17, 15) is 4.79 Å². The fraction of sp³-hybridized carbons (Fsp3) is 0.222. The minimum absolute atomic E-state index is 0.338. The maximum atomic E-state index is 10.8. The topological polar surface area (TPSA) is 35.5 Å². The molecule has 0 unspecified atom stereocenters. The Bertz CT molecular complexity index is 392. The van der Waals surface area contributed by atoms with E-state index in [1.165, 1.54) is 0 Å². The van der Waals surface area contributed by atoms with E-state index in [0.717, 1.165) is 0 Å². The van der Waals surface area contributed by atoms with Gasteiger partial charge >= 0.3 is 0 Å². The molecule has 0 saturated heterocycles. The molecule has 1 aliphatic rings. The Morgan fingerprint density at radius 1 is 1.36 bits per heavy atom. The zero-order valence-corrected chi connectivity index (χ0v) is 9.39. The van der Waals surface area contributed by atoms with Gasteiger partial charge in [-0.3, -0.25) is 4.79 Å². The van der Waals surface area contributed by atoms with Crippen LogP contribution in [0.5, 0.6) is 11.5 Å². The Morgan fingerprint density at radius 2 is 2.00 bits per heavy atom. The van der Waals surface area contributed by atoms with Gasteiger partial charge in [-0.05, 0) is 22.0 Å². The third kappa shape index (κ3) is 1.48. The number of carbonyl (C=O) groups is 1. The van der Waals surface area contributed by atoms with Gasteiger partial charge in [-0.2, -0.15) is 0 Å². The van der Waals surface area contributed by atoms with Gasteiger partial charge < -0.3 is 9.47 Å². The molecule has 0 saturated carbocycles.